The molecule has 8 heteroatoms. The third-order valence-electron chi connectivity index (χ3n) is 2.47. The molecule has 0 aromatic heterocycles. The highest BCUT2D eigenvalue weighted by Crippen LogP contribution is 2.34. The average Bonchev–Trinajstić information content (AvgIpc) is 2.32. The molecule has 0 heterocycles. The molecule has 20 heavy (non-hydrogen) atoms. The molecule has 0 atom stereocenters. The van der Waals surface area contributed by atoms with Crippen molar-refractivity contribution in [3.05, 3.63) is 57.1 Å². The lowest BCUT2D eigenvalue weighted by Gasteiger charge is -2.10. The molecule has 0 radical (unpaired) electrons. The molecule has 0 bridgehead atoms. The predicted molar refractivity (Wildman–Crippen MR) is 72.2 cm³/mol. The van der Waals surface area contributed by atoms with Crippen molar-refractivity contribution in [1.29, 1.82) is 0 Å². The van der Waals surface area contributed by atoms with Crippen LogP contribution in [0.4, 0.5) is 31.5 Å². The van der Waals surface area contributed by atoms with Crippen LogP contribution in [0.15, 0.2) is 30.3 Å². The van der Waals surface area contributed by atoms with Gasteiger partial charge in [-0.2, -0.15) is 4.39 Å². The number of nitrogen functional groups attached to an aromatic ring is 1. The minimum absolute atomic E-state index is 0.207. The highest BCUT2D eigenvalue weighted by Gasteiger charge is 2.22. The first kappa shape index (κ1) is 14.0. The second-order valence-electron chi connectivity index (χ2n) is 3.91. The van der Waals surface area contributed by atoms with Crippen molar-refractivity contribution >= 4 is 34.4 Å². The first-order valence-corrected chi connectivity index (χ1v) is 5.72. The Balaban J connectivity index is 2.53. The number of nitrogens with one attached hydrogen (secondary N) is 1. The van der Waals surface area contributed by atoms with E-state index < -0.39 is 22.2 Å². The van der Waals surface area contributed by atoms with E-state index in [4.69, 9.17) is 17.3 Å². The van der Waals surface area contributed by atoms with Gasteiger partial charge in [0.15, 0.2) is 0 Å². The quantitative estimate of drug-likeness (QED) is 0.512. The number of hydrogen-bond donors (Lipinski definition) is 2. The molecule has 0 aliphatic carbocycles. The first-order chi connectivity index (χ1) is 9.38. The van der Waals surface area contributed by atoms with Crippen LogP contribution in [-0.4, -0.2) is 4.92 Å². The van der Waals surface area contributed by atoms with E-state index in [1.165, 1.54) is 18.2 Å². The highest BCUT2D eigenvalue weighted by atomic mass is 35.5. The van der Waals surface area contributed by atoms with Crippen LogP contribution in [0.1, 0.15) is 0 Å². The third-order valence-corrected chi connectivity index (χ3v) is 2.80. The lowest BCUT2D eigenvalue weighted by molar-refractivity contribution is -0.386. The molecule has 0 fully saturated rings. The van der Waals surface area contributed by atoms with Crippen LogP contribution in [0.5, 0.6) is 0 Å². The van der Waals surface area contributed by atoms with Crippen LogP contribution < -0.4 is 11.1 Å². The van der Waals surface area contributed by atoms with E-state index >= 15 is 0 Å². The fourth-order valence-corrected chi connectivity index (χ4v) is 1.80. The van der Waals surface area contributed by atoms with Gasteiger partial charge in [0.2, 0.25) is 5.82 Å². The maximum atomic E-state index is 13.5. The number of anilines is 3. The van der Waals surface area contributed by atoms with Gasteiger partial charge in [-0.05, 0) is 18.2 Å². The molecule has 2 rings (SSSR count). The van der Waals surface area contributed by atoms with Crippen molar-refractivity contribution in [2.45, 2.75) is 0 Å². The molecule has 3 N–H and O–H groups in total. The smallest absolute Gasteiger partial charge is 0.328 e. The van der Waals surface area contributed by atoms with E-state index in [1.54, 1.807) is 0 Å². The van der Waals surface area contributed by atoms with Crippen LogP contribution in [-0.2, 0) is 0 Å². The molecule has 0 amide bonds. The fraction of sp³-hybridized carbons (Fsp3) is 0. The molecule has 2 aromatic carbocycles. The summed E-state index contributed by atoms with van der Waals surface area (Å²) >= 11 is 5.88. The largest absolute Gasteiger partial charge is 0.399 e. The molecule has 0 aliphatic rings. The standard InChI is InChI=1S/C12H8ClF2N3O2/c13-8-2-1-7(16)5-10(8)17-11-4-6(14)3-9(15)12(11)18(19)20/h1-5,17H,16H2. The van der Waals surface area contributed by atoms with Crippen molar-refractivity contribution in [3.63, 3.8) is 0 Å². The van der Waals surface area contributed by atoms with E-state index in [2.05, 4.69) is 5.32 Å². The number of hydrogen-bond acceptors (Lipinski definition) is 4. The summed E-state index contributed by atoms with van der Waals surface area (Å²) in [6.45, 7) is 0. The summed E-state index contributed by atoms with van der Waals surface area (Å²) in [6.07, 6.45) is 0. The second kappa shape index (κ2) is 5.30. The van der Waals surface area contributed by atoms with Crippen molar-refractivity contribution in [2.24, 2.45) is 0 Å². The van der Waals surface area contributed by atoms with Gasteiger partial charge in [0.25, 0.3) is 0 Å². The molecule has 104 valence electrons. The Morgan fingerprint density at radius 2 is 1.90 bits per heavy atom. The molecule has 0 saturated heterocycles. The van der Waals surface area contributed by atoms with E-state index in [1.807, 2.05) is 0 Å². The topological polar surface area (TPSA) is 81.2 Å². The molecular weight excluding hydrogens is 292 g/mol. The Morgan fingerprint density at radius 3 is 2.55 bits per heavy atom. The molecule has 0 unspecified atom stereocenters. The van der Waals surface area contributed by atoms with Gasteiger partial charge in [-0.15, -0.1) is 0 Å². The Morgan fingerprint density at radius 1 is 1.20 bits per heavy atom. The molecule has 0 spiro atoms. The molecular formula is C12H8ClF2N3O2. The maximum Gasteiger partial charge on any atom is 0.328 e. The first-order valence-electron chi connectivity index (χ1n) is 5.34. The molecule has 5 nitrogen and oxygen atoms in total. The monoisotopic (exact) mass is 299 g/mol. The SMILES string of the molecule is Nc1ccc(Cl)c(Nc2cc(F)cc(F)c2[N+](=O)[O-])c1. The van der Waals surface area contributed by atoms with Crippen molar-refractivity contribution in [2.75, 3.05) is 11.1 Å². The van der Waals surface area contributed by atoms with Crippen LogP contribution in [0.25, 0.3) is 0 Å². The average molecular weight is 300 g/mol. The van der Waals surface area contributed by atoms with Crippen molar-refractivity contribution in [3.8, 4) is 0 Å². The Hall–Kier alpha value is -2.41. The normalized spacial score (nSPS) is 10.3. The zero-order chi connectivity index (χ0) is 14.9. The minimum atomic E-state index is -1.28. The summed E-state index contributed by atoms with van der Waals surface area (Å²) in [5.74, 6) is -2.23. The maximum absolute atomic E-state index is 13.5. The predicted octanol–water partition coefficient (Wildman–Crippen LogP) is 3.85. The summed E-state index contributed by atoms with van der Waals surface area (Å²) in [6, 6.07) is 5.62. The zero-order valence-corrected chi connectivity index (χ0v) is 10.6. The minimum Gasteiger partial charge on any atom is -0.399 e. The Labute approximate surface area is 117 Å². The van der Waals surface area contributed by atoms with Crippen LogP contribution in [0.3, 0.4) is 0 Å². The number of nitrogens with two attached hydrogens (primary N) is 1. The van der Waals surface area contributed by atoms with Gasteiger partial charge in [-0.3, -0.25) is 10.1 Å². The number of halogens is 3. The summed E-state index contributed by atoms with van der Waals surface area (Å²) < 4.78 is 26.7. The molecule has 0 saturated carbocycles. The van der Waals surface area contributed by atoms with Gasteiger partial charge < -0.3 is 11.1 Å². The number of benzene rings is 2. The van der Waals surface area contributed by atoms with Gasteiger partial charge in [0.05, 0.1) is 15.6 Å². The lowest BCUT2D eigenvalue weighted by Crippen LogP contribution is -2.01. The van der Waals surface area contributed by atoms with Gasteiger partial charge in [-0.25, -0.2) is 4.39 Å². The van der Waals surface area contributed by atoms with Gasteiger partial charge in [0, 0.05) is 17.8 Å². The lowest BCUT2D eigenvalue weighted by atomic mass is 10.2. The van der Waals surface area contributed by atoms with Crippen LogP contribution in [0, 0.1) is 21.7 Å². The summed E-state index contributed by atoms with van der Waals surface area (Å²) in [4.78, 5) is 9.89. The highest BCUT2D eigenvalue weighted by molar-refractivity contribution is 6.33. The molecule has 0 aliphatic heterocycles. The number of nitrogens with zero attached hydrogens (tertiary/aromatic N) is 1. The van der Waals surface area contributed by atoms with Crippen molar-refractivity contribution in [1.82, 2.24) is 0 Å². The summed E-state index contributed by atoms with van der Waals surface area (Å²) in [7, 11) is 0. The number of nitro benzene ring substituents is 1. The van der Waals surface area contributed by atoms with E-state index in [9.17, 15) is 18.9 Å². The van der Waals surface area contributed by atoms with E-state index in [0.717, 1.165) is 6.07 Å². The summed E-state index contributed by atoms with van der Waals surface area (Å²) in [5, 5.41) is 13.6. The fourth-order valence-electron chi connectivity index (χ4n) is 1.63. The van der Waals surface area contributed by atoms with Crippen molar-refractivity contribution < 1.29 is 13.7 Å². The summed E-state index contributed by atoms with van der Waals surface area (Å²) in [5.41, 5.74) is 4.89. The number of nitro groups is 1. The van der Waals surface area contributed by atoms with Gasteiger partial charge >= 0.3 is 5.69 Å². The molecule has 2 aromatic rings. The van der Waals surface area contributed by atoms with Gasteiger partial charge in [0.1, 0.15) is 11.5 Å². The van der Waals surface area contributed by atoms with E-state index in [0.29, 0.717) is 11.8 Å². The van der Waals surface area contributed by atoms with Crippen LogP contribution in [0.2, 0.25) is 5.02 Å². The van der Waals surface area contributed by atoms with Crippen LogP contribution >= 0.6 is 11.6 Å². The Bertz CT molecular complexity index is 695. The van der Waals surface area contributed by atoms with Gasteiger partial charge in [-0.1, -0.05) is 11.6 Å². The second-order valence-corrected chi connectivity index (χ2v) is 4.31. The third kappa shape index (κ3) is 2.77. The Kier molecular flexibility index (Phi) is 3.71. The number of rotatable bonds is 3. The zero-order valence-electron chi connectivity index (χ0n) is 9.86. The van der Waals surface area contributed by atoms with E-state index in [-0.39, 0.29) is 16.4 Å².